The van der Waals surface area contributed by atoms with Crippen molar-refractivity contribution in [1.29, 1.82) is 0 Å². The molecule has 0 aliphatic carbocycles. The van der Waals surface area contributed by atoms with Crippen LogP contribution in [-0.4, -0.2) is 13.2 Å². The van der Waals surface area contributed by atoms with Crippen LogP contribution in [0.3, 0.4) is 0 Å². The summed E-state index contributed by atoms with van der Waals surface area (Å²) in [7, 11) is 0. The molecule has 0 saturated heterocycles. The second kappa shape index (κ2) is 12.6. The molecule has 2 heteroatoms. The van der Waals surface area contributed by atoms with E-state index in [-0.39, 0.29) is 6.10 Å². The first-order valence-electron chi connectivity index (χ1n) is 10.7. The Balaban J connectivity index is 1.74. The van der Waals surface area contributed by atoms with Crippen molar-refractivity contribution in [3.63, 3.8) is 0 Å². The minimum absolute atomic E-state index is 0.145. The van der Waals surface area contributed by atoms with Crippen LogP contribution in [0.4, 0.5) is 0 Å². The molecule has 0 N–H and O–H groups in total. The second-order valence-corrected chi connectivity index (χ2v) is 7.21. The first kappa shape index (κ1) is 21.5. The Kier molecular flexibility index (Phi) is 10.0. The topological polar surface area (TPSA) is 18.5 Å². The molecule has 2 aromatic carbocycles. The molecule has 2 nitrogen and oxygen atoms in total. The van der Waals surface area contributed by atoms with Crippen molar-refractivity contribution >= 4 is 0 Å². The minimum Gasteiger partial charge on any atom is -0.494 e. The lowest BCUT2D eigenvalue weighted by Crippen LogP contribution is -1.99. The summed E-state index contributed by atoms with van der Waals surface area (Å²) in [5.41, 5.74) is 3.66. The molecule has 2 rings (SSSR count). The molecule has 0 aromatic heterocycles. The first-order chi connectivity index (χ1) is 13.2. The lowest BCUT2D eigenvalue weighted by Gasteiger charge is -2.12. The molecule has 0 heterocycles. The van der Waals surface area contributed by atoms with E-state index in [1.54, 1.807) is 0 Å². The minimum atomic E-state index is 0.145. The van der Waals surface area contributed by atoms with E-state index >= 15 is 0 Å². The maximum atomic E-state index is 5.89. The number of ether oxygens (including phenoxy) is 2. The fraction of sp³-hybridized carbons (Fsp3) is 0.520. The van der Waals surface area contributed by atoms with E-state index in [4.69, 9.17) is 9.47 Å². The van der Waals surface area contributed by atoms with Gasteiger partial charge in [-0.25, -0.2) is 0 Å². The smallest absolute Gasteiger partial charge is 0.119 e. The molecule has 27 heavy (non-hydrogen) atoms. The van der Waals surface area contributed by atoms with Crippen LogP contribution in [0.15, 0.2) is 48.5 Å². The summed E-state index contributed by atoms with van der Waals surface area (Å²) >= 11 is 0. The van der Waals surface area contributed by atoms with Crippen LogP contribution >= 0.6 is 0 Å². The van der Waals surface area contributed by atoms with Crippen molar-refractivity contribution in [2.45, 2.75) is 71.8 Å². The van der Waals surface area contributed by atoms with Crippen LogP contribution in [0.1, 0.15) is 77.4 Å². The summed E-state index contributed by atoms with van der Waals surface area (Å²) in [6.07, 6.45) is 9.33. The van der Waals surface area contributed by atoms with E-state index < -0.39 is 0 Å². The molecule has 0 amide bonds. The third-order valence-corrected chi connectivity index (χ3v) is 5.00. The third kappa shape index (κ3) is 7.76. The van der Waals surface area contributed by atoms with Crippen LogP contribution in [0.25, 0.3) is 11.1 Å². The van der Waals surface area contributed by atoms with Crippen molar-refractivity contribution in [1.82, 2.24) is 0 Å². The zero-order valence-corrected chi connectivity index (χ0v) is 17.4. The van der Waals surface area contributed by atoms with Crippen LogP contribution in [0.5, 0.6) is 5.75 Å². The number of hydrogen-bond donors (Lipinski definition) is 0. The summed E-state index contributed by atoms with van der Waals surface area (Å²) in [6, 6.07) is 17.1. The zero-order chi connectivity index (χ0) is 19.3. The Hall–Kier alpha value is -1.80. The van der Waals surface area contributed by atoms with Gasteiger partial charge in [-0.1, -0.05) is 81.8 Å². The second-order valence-electron chi connectivity index (χ2n) is 7.21. The van der Waals surface area contributed by atoms with Gasteiger partial charge < -0.3 is 9.47 Å². The molecular formula is C25H36O2. The Labute approximate surface area is 165 Å². The Morgan fingerprint density at radius 3 is 1.85 bits per heavy atom. The van der Waals surface area contributed by atoms with Crippen molar-refractivity contribution in [2.24, 2.45) is 0 Å². The highest BCUT2D eigenvalue weighted by atomic mass is 16.5. The van der Waals surface area contributed by atoms with E-state index in [0.717, 1.165) is 25.4 Å². The molecule has 2 aromatic rings. The summed E-state index contributed by atoms with van der Waals surface area (Å²) in [5.74, 6) is 0.964. The van der Waals surface area contributed by atoms with Gasteiger partial charge in [-0.2, -0.15) is 0 Å². The number of rotatable bonds is 13. The van der Waals surface area contributed by atoms with Gasteiger partial charge in [0.15, 0.2) is 0 Å². The lowest BCUT2D eigenvalue weighted by molar-refractivity contribution is 0.0764. The molecule has 0 aliphatic rings. The van der Waals surface area contributed by atoms with Gasteiger partial charge in [0.1, 0.15) is 5.75 Å². The fourth-order valence-electron chi connectivity index (χ4n) is 3.29. The molecule has 0 fully saturated rings. The molecule has 0 bridgehead atoms. The molecule has 1 atom stereocenters. The van der Waals surface area contributed by atoms with Crippen molar-refractivity contribution in [3.05, 3.63) is 54.1 Å². The average molecular weight is 369 g/mol. The highest BCUT2D eigenvalue weighted by molar-refractivity contribution is 5.64. The lowest BCUT2D eigenvalue weighted by atomic mass is 10.0. The van der Waals surface area contributed by atoms with Crippen LogP contribution in [0.2, 0.25) is 0 Å². The predicted molar refractivity (Wildman–Crippen MR) is 115 cm³/mol. The first-order valence-corrected chi connectivity index (χ1v) is 10.7. The third-order valence-electron chi connectivity index (χ3n) is 5.00. The Bertz CT molecular complexity index is 616. The van der Waals surface area contributed by atoms with Gasteiger partial charge in [0.2, 0.25) is 0 Å². The standard InChI is InChI=1S/C25H36O2/c1-4-6-7-8-9-10-11-20-27-25-18-16-24(17-19-25)23-14-12-22(13-15-23)21(3)26-5-2/h12-19,21H,4-11,20H2,1-3H3. The molecule has 0 saturated carbocycles. The normalized spacial score (nSPS) is 12.1. The number of hydrogen-bond acceptors (Lipinski definition) is 2. The van der Waals surface area contributed by atoms with Crippen LogP contribution in [-0.2, 0) is 4.74 Å². The van der Waals surface area contributed by atoms with Gasteiger partial charge in [0.25, 0.3) is 0 Å². The molecule has 0 aliphatic heterocycles. The molecule has 1 unspecified atom stereocenters. The SMILES string of the molecule is CCCCCCCCCOc1ccc(-c2ccc(C(C)OCC)cc2)cc1. The van der Waals surface area contributed by atoms with Crippen molar-refractivity contribution < 1.29 is 9.47 Å². The zero-order valence-electron chi connectivity index (χ0n) is 17.4. The van der Waals surface area contributed by atoms with Gasteiger partial charge >= 0.3 is 0 Å². The van der Waals surface area contributed by atoms with E-state index in [9.17, 15) is 0 Å². The van der Waals surface area contributed by atoms with Gasteiger partial charge in [-0.05, 0) is 49.1 Å². The van der Waals surface area contributed by atoms with Gasteiger partial charge in [0.05, 0.1) is 12.7 Å². The van der Waals surface area contributed by atoms with Crippen LogP contribution in [0, 0.1) is 0 Å². The highest BCUT2D eigenvalue weighted by Gasteiger charge is 2.05. The van der Waals surface area contributed by atoms with Crippen molar-refractivity contribution in [2.75, 3.05) is 13.2 Å². The average Bonchev–Trinajstić information content (AvgIpc) is 2.71. The maximum Gasteiger partial charge on any atom is 0.119 e. The summed E-state index contributed by atoms with van der Waals surface area (Å²) in [5, 5.41) is 0. The summed E-state index contributed by atoms with van der Waals surface area (Å²) < 4.78 is 11.5. The maximum absolute atomic E-state index is 5.89. The van der Waals surface area contributed by atoms with E-state index in [1.165, 1.54) is 55.2 Å². The largest absolute Gasteiger partial charge is 0.494 e. The molecule has 0 radical (unpaired) electrons. The van der Waals surface area contributed by atoms with Gasteiger partial charge in [0, 0.05) is 6.61 Å². The Morgan fingerprint density at radius 2 is 1.26 bits per heavy atom. The van der Waals surface area contributed by atoms with Crippen molar-refractivity contribution in [3.8, 4) is 16.9 Å². The monoisotopic (exact) mass is 368 g/mol. The summed E-state index contributed by atoms with van der Waals surface area (Å²) in [4.78, 5) is 0. The van der Waals surface area contributed by atoms with Gasteiger partial charge in [-0.3, -0.25) is 0 Å². The Morgan fingerprint density at radius 1 is 0.704 bits per heavy atom. The van der Waals surface area contributed by atoms with E-state index in [1.807, 2.05) is 6.92 Å². The molecule has 148 valence electrons. The highest BCUT2D eigenvalue weighted by Crippen LogP contribution is 2.25. The molecular weight excluding hydrogens is 332 g/mol. The van der Waals surface area contributed by atoms with Gasteiger partial charge in [-0.15, -0.1) is 0 Å². The van der Waals surface area contributed by atoms with E-state index in [2.05, 4.69) is 62.4 Å². The number of benzene rings is 2. The fourth-order valence-corrected chi connectivity index (χ4v) is 3.29. The van der Waals surface area contributed by atoms with E-state index in [0.29, 0.717) is 0 Å². The summed E-state index contributed by atoms with van der Waals surface area (Å²) in [6.45, 7) is 7.94. The molecule has 0 spiro atoms. The predicted octanol–water partition coefficient (Wildman–Crippen LogP) is 7.58. The number of unbranched alkanes of at least 4 members (excludes halogenated alkanes) is 6. The quantitative estimate of drug-likeness (QED) is 0.339. The van der Waals surface area contributed by atoms with Crippen LogP contribution < -0.4 is 4.74 Å².